The number of nitrogens with one attached hydrogen (secondary N) is 1. The van der Waals surface area contributed by atoms with Crippen LogP contribution >= 0.6 is 11.6 Å². The molecule has 0 saturated heterocycles. The van der Waals surface area contributed by atoms with Crippen molar-refractivity contribution in [3.05, 3.63) is 41.4 Å². The molecular formula is C20H22ClN5O2. The van der Waals surface area contributed by atoms with Crippen molar-refractivity contribution in [1.82, 2.24) is 19.5 Å². The number of fused-ring (bicyclic) bond motifs is 1. The van der Waals surface area contributed by atoms with Gasteiger partial charge in [-0.1, -0.05) is 25.0 Å². The maximum atomic E-state index is 10.8. The fourth-order valence-corrected chi connectivity index (χ4v) is 3.80. The zero-order valence-electron chi connectivity index (χ0n) is 15.7. The van der Waals surface area contributed by atoms with Gasteiger partial charge in [0, 0.05) is 25.1 Å². The topological polar surface area (TPSA) is 81.9 Å². The second kappa shape index (κ2) is 8.14. The molecule has 0 unspecified atom stereocenters. The Morgan fingerprint density at radius 2 is 2.00 bits per heavy atom. The van der Waals surface area contributed by atoms with Crippen molar-refractivity contribution in [1.29, 1.82) is 0 Å². The molecule has 2 aromatic heterocycles. The summed E-state index contributed by atoms with van der Waals surface area (Å²) in [5.74, 6) is 0.333. The lowest BCUT2D eigenvalue weighted by atomic mass is 10.1. The van der Waals surface area contributed by atoms with E-state index in [2.05, 4.69) is 24.8 Å². The fraction of sp³-hybridized carbons (Fsp3) is 0.400. The Balaban J connectivity index is 1.53. The number of carbonyl (C=O) groups is 1. The van der Waals surface area contributed by atoms with E-state index in [1.54, 1.807) is 0 Å². The zero-order chi connectivity index (χ0) is 19.5. The van der Waals surface area contributed by atoms with Crippen molar-refractivity contribution >= 4 is 40.2 Å². The largest absolute Gasteiger partial charge is 0.466 e. The molecule has 1 fully saturated rings. The molecule has 1 aromatic carbocycles. The lowest BCUT2D eigenvalue weighted by molar-refractivity contribution is -0.140. The van der Waals surface area contributed by atoms with Crippen molar-refractivity contribution in [2.45, 2.75) is 45.1 Å². The maximum Gasteiger partial charge on any atom is 0.302 e. The summed E-state index contributed by atoms with van der Waals surface area (Å²) in [5.41, 5.74) is 3.45. The lowest BCUT2D eigenvalue weighted by Gasteiger charge is -2.12. The molecule has 1 aliphatic carbocycles. The highest BCUT2D eigenvalue weighted by Crippen LogP contribution is 2.33. The van der Waals surface area contributed by atoms with Gasteiger partial charge in [0.2, 0.25) is 5.28 Å². The number of imidazole rings is 1. The van der Waals surface area contributed by atoms with Crippen LogP contribution in [-0.2, 0) is 16.0 Å². The van der Waals surface area contributed by atoms with Crippen LogP contribution in [0, 0.1) is 0 Å². The molecule has 0 radical (unpaired) electrons. The van der Waals surface area contributed by atoms with Crippen LogP contribution < -0.4 is 5.32 Å². The van der Waals surface area contributed by atoms with E-state index in [4.69, 9.17) is 16.3 Å². The van der Waals surface area contributed by atoms with Crippen molar-refractivity contribution in [2.75, 3.05) is 11.9 Å². The van der Waals surface area contributed by atoms with Crippen molar-refractivity contribution in [3.8, 4) is 0 Å². The normalized spacial score (nSPS) is 14.5. The van der Waals surface area contributed by atoms with Crippen LogP contribution in [0.5, 0.6) is 0 Å². The van der Waals surface area contributed by atoms with Gasteiger partial charge in [0.25, 0.3) is 0 Å². The smallest absolute Gasteiger partial charge is 0.302 e. The summed E-state index contributed by atoms with van der Waals surface area (Å²) in [6, 6.07) is 8.32. The molecule has 28 heavy (non-hydrogen) atoms. The Morgan fingerprint density at radius 1 is 1.25 bits per heavy atom. The van der Waals surface area contributed by atoms with Gasteiger partial charge in [0.05, 0.1) is 12.9 Å². The van der Waals surface area contributed by atoms with E-state index in [0.717, 1.165) is 35.3 Å². The molecule has 0 bridgehead atoms. The van der Waals surface area contributed by atoms with Gasteiger partial charge in [-0.05, 0) is 42.1 Å². The maximum absolute atomic E-state index is 10.8. The molecule has 1 saturated carbocycles. The SMILES string of the molecule is CC(=O)OCCc1ccc(Nc2nc(Cl)nc3c2ncn3C2CCCC2)cc1. The number of rotatable bonds is 6. The van der Waals surface area contributed by atoms with Crippen LogP contribution in [0.4, 0.5) is 11.5 Å². The molecule has 0 atom stereocenters. The minimum absolute atomic E-state index is 0.202. The average molecular weight is 400 g/mol. The quantitative estimate of drug-likeness (QED) is 0.487. The van der Waals surface area contributed by atoms with Gasteiger partial charge >= 0.3 is 5.97 Å². The Hall–Kier alpha value is -2.67. The van der Waals surface area contributed by atoms with E-state index in [1.165, 1.54) is 19.8 Å². The second-order valence-corrected chi connectivity index (χ2v) is 7.35. The Labute approximate surface area is 168 Å². The van der Waals surface area contributed by atoms with Gasteiger partial charge in [-0.25, -0.2) is 4.98 Å². The summed E-state index contributed by atoms with van der Waals surface area (Å²) in [6.07, 6.45) is 7.27. The fourth-order valence-electron chi connectivity index (χ4n) is 3.63. The molecule has 0 amide bonds. The van der Waals surface area contributed by atoms with E-state index in [-0.39, 0.29) is 11.3 Å². The number of halogens is 1. The first-order valence-corrected chi connectivity index (χ1v) is 9.87. The second-order valence-electron chi connectivity index (χ2n) is 7.02. The van der Waals surface area contributed by atoms with Gasteiger partial charge in [0.15, 0.2) is 17.0 Å². The molecule has 0 aliphatic heterocycles. The highest BCUT2D eigenvalue weighted by molar-refractivity contribution is 6.28. The molecule has 146 valence electrons. The Kier molecular flexibility index (Phi) is 5.43. The summed E-state index contributed by atoms with van der Waals surface area (Å²) in [4.78, 5) is 24.1. The van der Waals surface area contributed by atoms with E-state index >= 15 is 0 Å². The summed E-state index contributed by atoms with van der Waals surface area (Å²) >= 11 is 6.19. The van der Waals surface area contributed by atoms with E-state index in [1.807, 2.05) is 30.6 Å². The van der Waals surface area contributed by atoms with E-state index < -0.39 is 0 Å². The molecule has 1 N–H and O–H groups in total. The van der Waals surface area contributed by atoms with Gasteiger partial charge in [-0.3, -0.25) is 4.79 Å². The molecular weight excluding hydrogens is 378 g/mol. The molecule has 1 aliphatic rings. The molecule has 4 rings (SSSR count). The number of benzene rings is 1. The van der Waals surface area contributed by atoms with Crippen LogP contribution in [0.25, 0.3) is 11.2 Å². The third-order valence-electron chi connectivity index (χ3n) is 5.02. The number of nitrogens with zero attached hydrogens (tertiary/aromatic N) is 4. The third-order valence-corrected chi connectivity index (χ3v) is 5.19. The predicted molar refractivity (Wildman–Crippen MR) is 108 cm³/mol. The number of anilines is 2. The van der Waals surface area contributed by atoms with Crippen molar-refractivity contribution in [3.63, 3.8) is 0 Å². The van der Waals surface area contributed by atoms with E-state index in [9.17, 15) is 4.79 Å². The molecule has 0 spiro atoms. The Bertz CT molecular complexity index is 980. The van der Waals surface area contributed by atoms with Gasteiger partial charge in [-0.2, -0.15) is 9.97 Å². The number of ether oxygens (including phenoxy) is 1. The third kappa shape index (κ3) is 4.09. The van der Waals surface area contributed by atoms with Crippen LogP contribution in [0.15, 0.2) is 30.6 Å². The minimum Gasteiger partial charge on any atom is -0.466 e. The van der Waals surface area contributed by atoms with Gasteiger partial charge < -0.3 is 14.6 Å². The van der Waals surface area contributed by atoms with E-state index in [0.29, 0.717) is 24.9 Å². The minimum atomic E-state index is -0.264. The number of aromatic nitrogens is 4. The lowest BCUT2D eigenvalue weighted by Crippen LogP contribution is -2.05. The predicted octanol–water partition coefficient (Wildman–Crippen LogP) is 4.44. The highest BCUT2D eigenvalue weighted by Gasteiger charge is 2.21. The molecule has 8 heteroatoms. The number of hydrogen-bond acceptors (Lipinski definition) is 6. The number of carbonyl (C=O) groups excluding carboxylic acids is 1. The molecule has 3 aromatic rings. The first kappa shape index (κ1) is 18.7. The summed E-state index contributed by atoms with van der Waals surface area (Å²) in [6.45, 7) is 1.79. The standard InChI is InChI=1S/C20H22ClN5O2/c1-13(27)28-11-10-14-6-8-15(9-7-14)23-18-17-19(25-20(21)24-18)26(12-22-17)16-4-2-3-5-16/h6-9,12,16H,2-5,10-11H2,1H3,(H,23,24,25). The monoisotopic (exact) mass is 399 g/mol. The summed E-state index contributed by atoms with van der Waals surface area (Å²) < 4.78 is 7.10. The molecule has 2 heterocycles. The van der Waals surface area contributed by atoms with Crippen LogP contribution in [0.3, 0.4) is 0 Å². The van der Waals surface area contributed by atoms with Crippen molar-refractivity contribution in [2.24, 2.45) is 0 Å². The summed E-state index contributed by atoms with van der Waals surface area (Å²) in [7, 11) is 0. The first-order valence-electron chi connectivity index (χ1n) is 9.49. The zero-order valence-corrected chi connectivity index (χ0v) is 16.4. The first-order chi connectivity index (χ1) is 13.6. The number of esters is 1. The van der Waals surface area contributed by atoms with Crippen LogP contribution in [0.1, 0.15) is 44.2 Å². The average Bonchev–Trinajstić information content (AvgIpc) is 3.32. The van der Waals surface area contributed by atoms with Gasteiger partial charge in [0.1, 0.15) is 0 Å². The highest BCUT2D eigenvalue weighted by atomic mass is 35.5. The number of hydrogen-bond donors (Lipinski definition) is 1. The van der Waals surface area contributed by atoms with Gasteiger partial charge in [-0.15, -0.1) is 0 Å². The van der Waals surface area contributed by atoms with Crippen LogP contribution in [0.2, 0.25) is 5.28 Å². The molecule has 7 nitrogen and oxygen atoms in total. The van der Waals surface area contributed by atoms with Crippen LogP contribution in [-0.4, -0.2) is 32.1 Å². The Morgan fingerprint density at radius 3 is 2.71 bits per heavy atom. The van der Waals surface area contributed by atoms with Crippen molar-refractivity contribution < 1.29 is 9.53 Å². The summed E-state index contributed by atoms with van der Waals surface area (Å²) in [5, 5.41) is 3.50.